The van der Waals surface area contributed by atoms with E-state index < -0.39 is 16.1 Å². The lowest BCUT2D eigenvalue weighted by Crippen LogP contribution is -2.50. The van der Waals surface area contributed by atoms with Crippen LogP contribution < -0.4 is 19.1 Å². The van der Waals surface area contributed by atoms with Crippen molar-refractivity contribution in [1.82, 2.24) is 10.2 Å². The maximum atomic E-state index is 14.0. The van der Waals surface area contributed by atoms with E-state index in [1.165, 1.54) is 4.31 Å². The Kier molecular flexibility index (Phi) is 11.8. The van der Waals surface area contributed by atoms with Gasteiger partial charge in [0.1, 0.15) is 6.04 Å². The highest BCUT2D eigenvalue weighted by atomic mass is 35.5. The Hall–Kier alpha value is -3.47. The summed E-state index contributed by atoms with van der Waals surface area (Å²) in [7, 11) is -3.67. The van der Waals surface area contributed by atoms with Crippen molar-refractivity contribution in [2.24, 2.45) is 0 Å². The third-order valence-corrected chi connectivity index (χ3v) is 9.17. The van der Waals surface area contributed by atoms with E-state index in [1.54, 1.807) is 41.3 Å². The number of hydrogen-bond donors (Lipinski definition) is 1. The first-order valence-electron chi connectivity index (χ1n) is 14.5. The molecule has 2 amide bonds. The van der Waals surface area contributed by atoms with Gasteiger partial charge in [0.2, 0.25) is 28.6 Å². The molecule has 1 N–H and O–H groups in total. The lowest BCUT2D eigenvalue weighted by Gasteiger charge is -2.32. The van der Waals surface area contributed by atoms with E-state index in [-0.39, 0.29) is 44.5 Å². The van der Waals surface area contributed by atoms with Crippen LogP contribution in [0, 0.1) is 0 Å². The number of amides is 2. The standard InChI is InChI=1S/C32H37Cl2N3O6S/c1-3-4-16-35-32(39)28(19-23-9-6-5-7-10-23)36(21-24-12-14-26(33)27(34)18-24)31(38)11-8-17-37(44(2,40)41)25-13-15-29-30(20-25)43-22-42-29/h5-7,9-10,12-15,18,20,28H,3-4,8,11,16-17,19,21-22H2,1-2H3,(H,35,39)/t28-/m1/s1. The molecule has 236 valence electrons. The van der Waals surface area contributed by atoms with E-state index in [9.17, 15) is 18.0 Å². The van der Waals surface area contributed by atoms with Gasteiger partial charge in [-0.3, -0.25) is 13.9 Å². The minimum absolute atomic E-state index is 0.00538. The smallest absolute Gasteiger partial charge is 0.243 e. The molecule has 3 aromatic carbocycles. The van der Waals surface area contributed by atoms with Gasteiger partial charge in [0.05, 0.1) is 22.0 Å². The highest BCUT2D eigenvalue weighted by Gasteiger charge is 2.31. The summed E-state index contributed by atoms with van der Waals surface area (Å²) < 4.78 is 37.5. The molecular weight excluding hydrogens is 625 g/mol. The third kappa shape index (κ3) is 9.03. The van der Waals surface area contributed by atoms with Gasteiger partial charge in [-0.05, 0) is 48.2 Å². The first kappa shape index (κ1) is 33.4. The molecule has 9 nitrogen and oxygen atoms in total. The molecule has 0 saturated heterocycles. The number of nitrogens with zero attached hydrogens (tertiary/aromatic N) is 2. The van der Waals surface area contributed by atoms with Crippen molar-refractivity contribution in [1.29, 1.82) is 0 Å². The number of ether oxygens (including phenoxy) is 2. The summed E-state index contributed by atoms with van der Waals surface area (Å²) in [5.74, 6) is 0.450. The predicted molar refractivity (Wildman–Crippen MR) is 173 cm³/mol. The number of unbranched alkanes of at least 4 members (excludes halogenated alkanes) is 1. The number of hydrogen-bond acceptors (Lipinski definition) is 6. The second-order valence-electron chi connectivity index (χ2n) is 10.6. The van der Waals surface area contributed by atoms with Crippen LogP contribution in [-0.2, 0) is 32.6 Å². The van der Waals surface area contributed by atoms with Gasteiger partial charge in [0.15, 0.2) is 11.5 Å². The summed E-state index contributed by atoms with van der Waals surface area (Å²) >= 11 is 12.4. The van der Waals surface area contributed by atoms with Gasteiger partial charge in [-0.15, -0.1) is 0 Å². The van der Waals surface area contributed by atoms with E-state index in [4.69, 9.17) is 32.7 Å². The summed E-state index contributed by atoms with van der Waals surface area (Å²) in [6.45, 7) is 2.77. The fourth-order valence-electron chi connectivity index (χ4n) is 4.94. The first-order chi connectivity index (χ1) is 21.1. The van der Waals surface area contributed by atoms with Gasteiger partial charge in [-0.1, -0.05) is 72.9 Å². The quantitative estimate of drug-likeness (QED) is 0.206. The number of sulfonamides is 1. The zero-order chi connectivity index (χ0) is 31.7. The molecule has 3 aromatic rings. The minimum Gasteiger partial charge on any atom is -0.454 e. The van der Waals surface area contributed by atoms with E-state index in [0.717, 1.165) is 24.7 Å². The van der Waals surface area contributed by atoms with Crippen LogP contribution in [0.1, 0.15) is 43.7 Å². The summed E-state index contributed by atoms with van der Waals surface area (Å²) in [5.41, 5.74) is 2.03. The maximum Gasteiger partial charge on any atom is 0.243 e. The predicted octanol–water partition coefficient (Wildman–Crippen LogP) is 5.82. The van der Waals surface area contributed by atoms with Crippen molar-refractivity contribution in [2.45, 2.75) is 51.6 Å². The number of carbonyl (C=O) groups is 2. The van der Waals surface area contributed by atoms with Crippen LogP contribution in [0.4, 0.5) is 5.69 Å². The Labute approximate surface area is 269 Å². The van der Waals surface area contributed by atoms with Crippen LogP contribution in [0.3, 0.4) is 0 Å². The summed E-state index contributed by atoms with van der Waals surface area (Å²) in [5, 5.41) is 3.72. The maximum absolute atomic E-state index is 14.0. The Morgan fingerprint density at radius 3 is 2.39 bits per heavy atom. The normalized spacial score (nSPS) is 12.9. The van der Waals surface area contributed by atoms with Crippen molar-refractivity contribution < 1.29 is 27.5 Å². The molecular formula is C32H37Cl2N3O6S. The number of rotatable bonds is 15. The van der Waals surface area contributed by atoms with Crippen LogP contribution in [0.25, 0.3) is 0 Å². The molecule has 0 aromatic heterocycles. The van der Waals surface area contributed by atoms with Crippen molar-refractivity contribution in [2.75, 3.05) is 30.4 Å². The van der Waals surface area contributed by atoms with Gasteiger partial charge in [-0.2, -0.15) is 0 Å². The van der Waals surface area contributed by atoms with Crippen molar-refractivity contribution in [3.05, 3.63) is 87.9 Å². The lowest BCUT2D eigenvalue weighted by atomic mass is 10.0. The summed E-state index contributed by atoms with van der Waals surface area (Å²) in [6.07, 6.45) is 3.37. The average Bonchev–Trinajstić information content (AvgIpc) is 3.47. The van der Waals surface area contributed by atoms with Crippen LogP contribution in [-0.4, -0.2) is 57.3 Å². The van der Waals surface area contributed by atoms with Crippen LogP contribution in [0.5, 0.6) is 11.5 Å². The van der Waals surface area contributed by atoms with E-state index in [0.29, 0.717) is 45.8 Å². The molecule has 12 heteroatoms. The van der Waals surface area contributed by atoms with Gasteiger partial charge >= 0.3 is 0 Å². The van der Waals surface area contributed by atoms with Gasteiger partial charge < -0.3 is 19.7 Å². The number of nitrogens with one attached hydrogen (secondary N) is 1. The molecule has 0 bridgehead atoms. The molecule has 0 radical (unpaired) electrons. The molecule has 1 heterocycles. The summed E-state index contributed by atoms with van der Waals surface area (Å²) in [4.78, 5) is 29.1. The van der Waals surface area contributed by atoms with Crippen molar-refractivity contribution >= 4 is 50.7 Å². The molecule has 1 aliphatic rings. The van der Waals surface area contributed by atoms with Crippen LogP contribution in [0.2, 0.25) is 10.0 Å². The highest BCUT2D eigenvalue weighted by molar-refractivity contribution is 7.92. The minimum atomic E-state index is -3.67. The average molecular weight is 663 g/mol. The Bertz CT molecular complexity index is 1550. The van der Waals surface area contributed by atoms with Crippen molar-refractivity contribution in [3.63, 3.8) is 0 Å². The van der Waals surface area contributed by atoms with Gasteiger partial charge in [0.25, 0.3) is 0 Å². The second kappa shape index (κ2) is 15.5. The SMILES string of the molecule is CCCCNC(=O)[C@@H](Cc1ccccc1)N(Cc1ccc(Cl)c(Cl)c1)C(=O)CCCN(c1ccc2c(c1)OCO2)S(C)(=O)=O. The fourth-order valence-corrected chi connectivity index (χ4v) is 6.22. The largest absolute Gasteiger partial charge is 0.454 e. The molecule has 4 rings (SSSR count). The second-order valence-corrected chi connectivity index (χ2v) is 13.3. The number of anilines is 1. The van der Waals surface area contributed by atoms with Crippen molar-refractivity contribution in [3.8, 4) is 11.5 Å². The Morgan fingerprint density at radius 2 is 1.68 bits per heavy atom. The number of halogens is 2. The van der Waals surface area contributed by atoms with E-state index in [1.807, 2.05) is 37.3 Å². The first-order valence-corrected chi connectivity index (χ1v) is 17.1. The third-order valence-electron chi connectivity index (χ3n) is 7.23. The van der Waals surface area contributed by atoms with Crippen LogP contribution in [0.15, 0.2) is 66.7 Å². The fraction of sp³-hybridized carbons (Fsp3) is 0.375. The molecule has 0 unspecified atom stereocenters. The summed E-state index contributed by atoms with van der Waals surface area (Å²) in [6, 6.07) is 18.7. The zero-order valence-electron chi connectivity index (χ0n) is 24.8. The number of benzene rings is 3. The molecule has 1 aliphatic heterocycles. The molecule has 44 heavy (non-hydrogen) atoms. The molecule has 0 aliphatic carbocycles. The Balaban J connectivity index is 1.58. The highest BCUT2D eigenvalue weighted by Crippen LogP contribution is 2.36. The van der Waals surface area contributed by atoms with Gasteiger partial charge in [0, 0.05) is 38.5 Å². The lowest BCUT2D eigenvalue weighted by molar-refractivity contribution is -0.141. The zero-order valence-corrected chi connectivity index (χ0v) is 27.1. The molecule has 0 saturated carbocycles. The number of carbonyl (C=O) groups excluding carboxylic acids is 2. The molecule has 0 fully saturated rings. The Morgan fingerprint density at radius 1 is 0.932 bits per heavy atom. The van der Waals surface area contributed by atoms with Crippen LogP contribution >= 0.6 is 23.2 Å². The molecule has 1 atom stereocenters. The number of fused-ring (bicyclic) bond motifs is 1. The molecule has 0 spiro atoms. The van der Waals surface area contributed by atoms with E-state index >= 15 is 0 Å². The van der Waals surface area contributed by atoms with E-state index in [2.05, 4.69) is 5.32 Å². The monoisotopic (exact) mass is 661 g/mol. The van der Waals surface area contributed by atoms with Gasteiger partial charge in [-0.25, -0.2) is 8.42 Å². The topological polar surface area (TPSA) is 105 Å².